The Labute approximate surface area is 204 Å². The number of aryl methyl sites for hydroxylation is 1. The maximum atomic E-state index is 13.4. The van der Waals surface area contributed by atoms with Crippen LogP contribution in [0, 0.1) is 18.8 Å². The average Bonchev–Trinajstić information content (AvgIpc) is 3.40. The van der Waals surface area contributed by atoms with Crippen molar-refractivity contribution in [3.8, 4) is 11.8 Å². The molecule has 1 saturated heterocycles. The van der Waals surface area contributed by atoms with Crippen LogP contribution in [0.2, 0.25) is 0 Å². The Kier molecular flexibility index (Phi) is 7.04. The van der Waals surface area contributed by atoms with E-state index >= 15 is 0 Å². The van der Waals surface area contributed by atoms with Gasteiger partial charge in [-0.1, -0.05) is 30.7 Å². The highest BCUT2D eigenvalue weighted by Gasteiger charge is 2.24. The highest BCUT2D eigenvalue weighted by Crippen LogP contribution is 2.31. The normalized spacial score (nSPS) is 16.9. The molecule has 0 unspecified atom stereocenters. The van der Waals surface area contributed by atoms with Crippen LogP contribution in [0.25, 0.3) is 11.0 Å². The molecule has 0 aromatic carbocycles. The van der Waals surface area contributed by atoms with Gasteiger partial charge in [0.2, 0.25) is 5.95 Å². The van der Waals surface area contributed by atoms with Gasteiger partial charge in [-0.25, -0.2) is 9.97 Å². The summed E-state index contributed by atoms with van der Waals surface area (Å²) >= 11 is 0. The largest absolute Gasteiger partial charge is 0.384 e. The number of rotatable bonds is 5. The fourth-order valence-corrected chi connectivity index (χ4v) is 5.00. The maximum Gasteiger partial charge on any atom is 0.268 e. The van der Waals surface area contributed by atoms with E-state index in [-0.39, 0.29) is 18.2 Å². The van der Waals surface area contributed by atoms with Crippen molar-refractivity contribution in [3.63, 3.8) is 0 Å². The zero-order chi connectivity index (χ0) is 24.2. The predicted octanol–water partition coefficient (Wildman–Crippen LogP) is 2.10. The summed E-state index contributed by atoms with van der Waals surface area (Å²) in [6.07, 6.45) is 7.68. The molecular formula is C26H31N7O2. The first-order valence-electron chi connectivity index (χ1n) is 12.3. The van der Waals surface area contributed by atoms with Crippen LogP contribution >= 0.6 is 0 Å². The molecule has 0 spiro atoms. The second-order valence-electron chi connectivity index (χ2n) is 9.21. The molecule has 9 nitrogen and oxygen atoms in total. The number of fused-ring (bicyclic) bond motifs is 1. The zero-order valence-electron chi connectivity index (χ0n) is 20.0. The summed E-state index contributed by atoms with van der Waals surface area (Å²) in [6.45, 7) is 6.58. The minimum Gasteiger partial charge on any atom is -0.384 e. The second-order valence-corrected chi connectivity index (χ2v) is 9.21. The Morgan fingerprint density at radius 3 is 2.69 bits per heavy atom. The number of aliphatic hydroxyl groups is 1. The number of aliphatic hydroxyl groups excluding tert-OH is 1. The van der Waals surface area contributed by atoms with Crippen molar-refractivity contribution in [1.29, 1.82) is 0 Å². The van der Waals surface area contributed by atoms with Crippen LogP contribution in [0.1, 0.15) is 48.4 Å². The lowest BCUT2D eigenvalue weighted by atomic mass is 10.1. The molecule has 3 N–H and O–H groups in total. The van der Waals surface area contributed by atoms with Crippen molar-refractivity contribution in [2.45, 2.75) is 45.2 Å². The smallest absolute Gasteiger partial charge is 0.268 e. The molecule has 1 aliphatic heterocycles. The summed E-state index contributed by atoms with van der Waals surface area (Å²) < 4.78 is 1.79. The lowest BCUT2D eigenvalue weighted by Crippen LogP contribution is -2.42. The van der Waals surface area contributed by atoms with Gasteiger partial charge in [0.05, 0.1) is 5.56 Å². The molecule has 9 heteroatoms. The van der Waals surface area contributed by atoms with Gasteiger partial charge in [0.1, 0.15) is 18.1 Å². The topological polar surface area (TPSA) is 108 Å². The fourth-order valence-electron chi connectivity index (χ4n) is 5.00. The van der Waals surface area contributed by atoms with Gasteiger partial charge in [-0.2, -0.15) is 4.98 Å². The summed E-state index contributed by atoms with van der Waals surface area (Å²) in [7, 11) is 0. The Balaban J connectivity index is 1.45. The molecule has 4 heterocycles. The first-order chi connectivity index (χ1) is 17.1. The van der Waals surface area contributed by atoms with Crippen molar-refractivity contribution in [2.24, 2.45) is 0 Å². The number of nitrogens with zero attached hydrogens (tertiary/aromatic N) is 5. The molecule has 0 atom stereocenters. The van der Waals surface area contributed by atoms with Crippen molar-refractivity contribution in [3.05, 3.63) is 51.6 Å². The van der Waals surface area contributed by atoms with E-state index in [1.165, 1.54) is 5.56 Å². The quantitative estimate of drug-likeness (QED) is 0.484. The molecule has 35 heavy (non-hydrogen) atoms. The fraction of sp³-hybridized carbons (Fsp3) is 0.462. The van der Waals surface area contributed by atoms with Gasteiger partial charge in [0, 0.05) is 56.5 Å². The number of aromatic nitrogens is 4. The Morgan fingerprint density at radius 1 is 1.17 bits per heavy atom. The standard InChI is InChI=1S/C26H31N7O2/c1-18-21(7-4-14-34)25(35)33(20-5-2-3-6-20)24-22(18)16-29-26(31-24)30-23-9-8-19(15-28-23)17-32-12-10-27-11-13-32/h8-9,15-16,20,27,34H,2-3,5-6,10-14,17H2,1H3,(H,28,29,30,31). The first-order valence-corrected chi connectivity index (χ1v) is 12.3. The SMILES string of the molecule is Cc1c(C#CCO)c(=O)n(C2CCCC2)c2nc(Nc3ccc(CN4CCNCC4)cn3)ncc12. The summed E-state index contributed by atoms with van der Waals surface area (Å²) in [4.78, 5) is 29.7. The van der Waals surface area contributed by atoms with Gasteiger partial charge in [0.15, 0.2) is 0 Å². The summed E-state index contributed by atoms with van der Waals surface area (Å²) in [6, 6.07) is 4.10. The minimum atomic E-state index is -0.291. The molecule has 1 saturated carbocycles. The summed E-state index contributed by atoms with van der Waals surface area (Å²) in [5.41, 5.74) is 2.77. The van der Waals surface area contributed by atoms with E-state index < -0.39 is 0 Å². The van der Waals surface area contributed by atoms with Gasteiger partial charge >= 0.3 is 0 Å². The molecule has 182 valence electrons. The molecule has 2 aliphatic rings. The lowest BCUT2D eigenvalue weighted by Gasteiger charge is -2.27. The number of hydrogen-bond acceptors (Lipinski definition) is 8. The molecule has 3 aromatic heterocycles. The highest BCUT2D eigenvalue weighted by molar-refractivity contribution is 5.81. The molecule has 0 radical (unpaired) electrons. The van der Waals surface area contributed by atoms with E-state index in [1.54, 1.807) is 10.8 Å². The van der Waals surface area contributed by atoms with E-state index in [0.717, 1.165) is 69.4 Å². The van der Waals surface area contributed by atoms with Crippen LogP contribution in [-0.4, -0.2) is 62.3 Å². The van der Waals surface area contributed by atoms with Crippen LogP contribution in [0.4, 0.5) is 11.8 Å². The number of hydrogen-bond donors (Lipinski definition) is 3. The minimum absolute atomic E-state index is 0.0884. The third-order valence-corrected chi connectivity index (χ3v) is 6.87. The Bertz CT molecular complexity index is 1310. The highest BCUT2D eigenvalue weighted by atomic mass is 16.2. The summed E-state index contributed by atoms with van der Waals surface area (Å²) in [5.74, 6) is 6.54. The number of pyridine rings is 2. The van der Waals surface area contributed by atoms with Crippen LogP contribution in [-0.2, 0) is 6.54 Å². The zero-order valence-corrected chi connectivity index (χ0v) is 20.0. The third-order valence-electron chi connectivity index (χ3n) is 6.87. The van der Waals surface area contributed by atoms with E-state index in [1.807, 2.05) is 19.2 Å². The Hall–Kier alpha value is -3.32. The molecular weight excluding hydrogens is 442 g/mol. The van der Waals surface area contributed by atoms with Gasteiger partial charge in [-0.3, -0.25) is 14.3 Å². The van der Waals surface area contributed by atoms with Gasteiger partial charge in [0.25, 0.3) is 5.56 Å². The lowest BCUT2D eigenvalue weighted by molar-refractivity contribution is 0.233. The molecule has 3 aromatic rings. The van der Waals surface area contributed by atoms with E-state index in [0.29, 0.717) is 23.0 Å². The molecule has 2 fully saturated rings. The monoisotopic (exact) mass is 473 g/mol. The molecule has 1 aliphatic carbocycles. The summed E-state index contributed by atoms with van der Waals surface area (Å²) in [5, 5.41) is 16.5. The number of nitrogens with one attached hydrogen (secondary N) is 2. The van der Waals surface area contributed by atoms with Crippen LogP contribution in [0.15, 0.2) is 29.3 Å². The first kappa shape index (κ1) is 23.4. The molecule has 0 amide bonds. The van der Waals surface area contributed by atoms with Gasteiger partial charge in [-0.15, -0.1) is 0 Å². The molecule has 5 rings (SSSR count). The van der Waals surface area contributed by atoms with E-state index in [2.05, 4.69) is 43.4 Å². The van der Waals surface area contributed by atoms with Crippen molar-refractivity contribution in [2.75, 3.05) is 38.1 Å². The van der Waals surface area contributed by atoms with Crippen molar-refractivity contribution < 1.29 is 5.11 Å². The number of piperazine rings is 1. The van der Waals surface area contributed by atoms with Crippen LogP contribution in [0.3, 0.4) is 0 Å². The van der Waals surface area contributed by atoms with E-state index in [9.17, 15) is 4.79 Å². The van der Waals surface area contributed by atoms with Crippen LogP contribution < -0.4 is 16.2 Å². The molecule has 0 bridgehead atoms. The second kappa shape index (κ2) is 10.5. The predicted molar refractivity (Wildman–Crippen MR) is 136 cm³/mol. The maximum absolute atomic E-state index is 13.4. The number of anilines is 2. The Morgan fingerprint density at radius 2 is 1.97 bits per heavy atom. The van der Waals surface area contributed by atoms with Gasteiger partial charge < -0.3 is 15.7 Å². The van der Waals surface area contributed by atoms with Crippen molar-refractivity contribution in [1.82, 2.24) is 29.7 Å². The van der Waals surface area contributed by atoms with Gasteiger partial charge in [-0.05, 0) is 37.0 Å². The van der Waals surface area contributed by atoms with Crippen LogP contribution in [0.5, 0.6) is 0 Å². The van der Waals surface area contributed by atoms with E-state index in [4.69, 9.17) is 10.1 Å². The third kappa shape index (κ3) is 5.05. The average molecular weight is 474 g/mol. The van der Waals surface area contributed by atoms with Crippen molar-refractivity contribution >= 4 is 22.8 Å².